The highest BCUT2D eigenvalue weighted by molar-refractivity contribution is 6.32. The molecule has 0 radical (unpaired) electrons. The van der Waals surface area contributed by atoms with Gasteiger partial charge in [-0.25, -0.2) is 4.79 Å². The van der Waals surface area contributed by atoms with Crippen LogP contribution < -0.4 is 5.32 Å². The second kappa shape index (κ2) is 7.78. The first-order valence-corrected chi connectivity index (χ1v) is 5.57. The minimum Gasteiger partial charge on any atom is -0.480 e. The third-order valence-electron chi connectivity index (χ3n) is 2.22. The van der Waals surface area contributed by atoms with Gasteiger partial charge in [0.1, 0.15) is 6.04 Å². The quantitative estimate of drug-likeness (QED) is 0.404. The number of rotatable bonds is 9. The Kier molecular flexibility index (Phi) is 7.13. The smallest absolute Gasteiger partial charge is 0.372 e. The predicted octanol–water partition coefficient (Wildman–Crippen LogP) is 0.509. The zero-order valence-corrected chi connectivity index (χ0v) is 10.1. The fourth-order valence-corrected chi connectivity index (χ4v) is 1.38. The van der Waals surface area contributed by atoms with Crippen LogP contribution in [0.1, 0.15) is 33.1 Å². The monoisotopic (exact) mass is 245 g/mol. The predicted molar refractivity (Wildman–Crippen MR) is 60.8 cm³/mol. The van der Waals surface area contributed by atoms with Crippen LogP contribution in [0.15, 0.2) is 0 Å². The lowest BCUT2D eigenvalue weighted by Crippen LogP contribution is -2.38. The van der Waals surface area contributed by atoms with Crippen molar-refractivity contribution in [2.45, 2.75) is 39.2 Å². The van der Waals surface area contributed by atoms with Crippen molar-refractivity contribution in [3.05, 3.63) is 0 Å². The molecule has 0 aromatic heterocycles. The Morgan fingerprint density at radius 1 is 1.18 bits per heavy atom. The van der Waals surface area contributed by atoms with E-state index in [0.29, 0.717) is 19.4 Å². The van der Waals surface area contributed by atoms with E-state index in [2.05, 4.69) is 5.32 Å². The van der Waals surface area contributed by atoms with Crippen LogP contribution in [0.25, 0.3) is 0 Å². The summed E-state index contributed by atoms with van der Waals surface area (Å²) in [6.45, 7) is 4.17. The normalized spacial score (nSPS) is 12.4. The lowest BCUT2D eigenvalue weighted by atomic mass is 10.0. The zero-order valence-electron chi connectivity index (χ0n) is 10.1. The molecule has 0 saturated heterocycles. The molecule has 0 bridgehead atoms. The molecule has 0 aliphatic rings. The molecule has 1 atom stereocenters. The molecule has 98 valence electrons. The van der Waals surface area contributed by atoms with E-state index in [4.69, 9.17) is 10.2 Å². The molecule has 0 fully saturated rings. The summed E-state index contributed by atoms with van der Waals surface area (Å²) < 4.78 is 0. The molecule has 0 amide bonds. The summed E-state index contributed by atoms with van der Waals surface area (Å²) in [4.78, 5) is 31.8. The van der Waals surface area contributed by atoms with Crippen LogP contribution in [0.5, 0.6) is 0 Å². The standard InChI is InChI=1S/C11H19NO5/c1-7(2)6-8(10(14)15)12-5-3-4-9(13)11(16)17/h7-8,12H,3-6H2,1-2H3,(H,14,15)(H,16,17)/t8-/m0/s1. The van der Waals surface area contributed by atoms with Gasteiger partial charge >= 0.3 is 11.9 Å². The van der Waals surface area contributed by atoms with E-state index in [-0.39, 0.29) is 12.3 Å². The maximum absolute atomic E-state index is 10.8. The van der Waals surface area contributed by atoms with Crippen molar-refractivity contribution in [2.75, 3.05) is 6.54 Å². The SMILES string of the molecule is CC(C)C[C@H](NCCCC(=O)C(=O)O)C(=O)O. The van der Waals surface area contributed by atoms with Gasteiger partial charge in [0.15, 0.2) is 0 Å². The maximum atomic E-state index is 10.8. The Morgan fingerprint density at radius 2 is 1.76 bits per heavy atom. The number of carbonyl (C=O) groups is 3. The van der Waals surface area contributed by atoms with E-state index >= 15 is 0 Å². The number of hydrogen-bond donors (Lipinski definition) is 3. The van der Waals surface area contributed by atoms with E-state index in [1.165, 1.54) is 0 Å². The van der Waals surface area contributed by atoms with Crippen molar-refractivity contribution in [3.63, 3.8) is 0 Å². The Bertz CT molecular complexity index is 288. The van der Waals surface area contributed by atoms with Crippen LogP contribution in [0.3, 0.4) is 0 Å². The second-order valence-corrected chi connectivity index (χ2v) is 4.31. The van der Waals surface area contributed by atoms with Gasteiger partial charge in [0, 0.05) is 6.42 Å². The van der Waals surface area contributed by atoms with Crippen LogP contribution in [-0.2, 0) is 14.4 Å². The van der Waals surface area contributed by atoms with Gasteiger partial charge in [0.25, 0.3) is 0 Å². The Hall–Kier alpha value is -1.43. The summed E-state index contributed by atoms with van der Waals surface area (Å²) in [5, 5.41) is 20.0. The highest BCUT2D eigenvalue weighted by atomic mass is 16.4. The molecule has 0 rings (SSSR count). The molecule has 6 heteroatoms. The highest BCUT2D eigenvalue weighted by Crippen LogP contribution is 2.05. The number of nitrogens with one attached hydrogen (secondary N) is 1. The van der Waals surface area contributed by atoms with Crippen LogP contribution >= 0.6 is 0 Å². The Morgan fingerprint density at radius 3 is 2.18 bits per heavy atom. The molecule has 0 saturated carbocycles. The van der Waals surface area contributed by atoms with E-state index in [0.717, 1.165) is 0 Å². The molecule has 0 aliphatic carbocycles. The van der Waals surface area contributed by atoms with Crippen LogP contribution in [0.4, 0.5) is 0 Å². The van der Waals surface area contributed by atoms with Gasteiger partial charge in [0.05, 0.1) is 0 Å². The maximum Gasteiger partial charge on any atom is 0.372 e. The fourth-order valence-electron chi connectivity index (χ4n) is 1.38. The summed E-state index contributed by atoms with van der Waals surface area (Å²) in [7, 11) is 0. The number of Topliss-reactive ketones (excluding diaryl/α,β-unsaturated/α-hetero) is 1. The lowest BCUT2D eigenvalue weighted by molar-refractivity contribution is -0.149. The van der Waals surface area contributed by atoms with Gasteiger partial charge in [-0.05, 0) is 25.3 Å². The van der Waals surface area contributed by atoms with Crippen molar-refractivity contribution >= 4 is 17.7 Å². The molecular formula is C11H19NO5. The number of carboxylic acids is 2. The second-order valence-electron chi connectivity index (χ2n) is 4.31. The van der Waals surface area contributed by atoms with Crippen molar-refractivity contribution in [3.8, 4) is 0 Å². The Labute approximate surface area is 100 Å². The number of hydrogen-bond acceptors (Lipinski definition) is 4. The third kappa shape index (κ3) is 7.46. The number of carbonyl (C=O) groups excluding carboxylic acids is 1. The van der Waals surface area contributed by atoms with Crippen molar-refractivity contribution in [1.29, 1.82) is 0 Å². The van der Waals surface area contributed by atoms with E-state index in [1.807, 2.05) is 13.8 Å². The van der Waals surface area contributed by atoms with Gasteiger partial charge in [-0.3, -0.25) is 9.59 Å². The topological polar surface area (TPSA) is 104 Å². The zero-order chi connectivity index (χ0) is 13.4. The number of ketones is 1. The van der Waals surface area contributed by atoms with Crippen LogP contribution in [-0.4, -0.2) is 40.5 Å². The summed E-state index contributed by atoms with van der Waals surface area (Å²) in [5.74, 6) is -2.96. The van der Waals surface area contributed by atoms with Crippen LogP contribution in [0, 0.1) is 5.92 Å². The van der Waals surface area contributed by atoms with E-state index in [9.17, 15) is 14.4 Å². The van der Waals surface area contributed by atoms with E-state index < -0.39 is 23.8 Å². The van der Waals surface area contributed by atoms with E-state index in [1.54, 1.807) is 0 Å². The van der Waals surface area contributed by atoms with Crippen molar-refractivity contribution in [2.24, 2.45) is 5.92 Å². The van der Waals surface area contributed by atoms with Crippen molar-refractivity contribution in [1.82, 2.24) is 5.32 Å². The third-order valence-corrected chi connectivity index (χ3v) is 2.22. The van der Waals surface area contributed by atoms with Gasteiger partial charge in [-0.15, -0.1) is 0 Å². The van der Waals surface area contributed by atoms with Gasteiger partial charge in [0.2, 0.25) is 5.78 Å². The molecule has 3 N–H and O–H groups in total. The molecule has 0 heterocycles. The summed E-state index contributed by atoms with van der Waals surface area (Å²) in [6.07, 6.45) is 0.756. The fraction of sp³-hybridized carbons (Fsp3) is 0.727. The van der Waals surface area contributed by atoms with Crippen LogP contribution in [0.2, 0.25) is 0 Å². The lowest BCUT2D eigenvalue weighted by Gasteiger charge is -2.15. The first kappa shape index (κ1) is 15.6. The van der Waals surface area contributed by atoms with Gasteiger partial charge in [-0.1, -0.05) is 13.8 Å². The summed E-state index contributed by atoms with van der Waals surface area (Å²) in [6, 6.07) is -0.644. The molecule has 6 nitrogen and oxygen atoms in total. The minimum absolute atomic E-state index is 0.0731. The van der Waals surface area contributed by atoms with Gasteiger partial charge < -0.3 is 15.5 Å². The highest BCUT2D eigenvalue weighted by Gasteiger charge is 2.18. The number of aliphatic carboxylic acids is 2. The molecule has 0 spiro atoms. The molecule has 17 heavy (non-hydrogen) atoms. The first-order valence-electron chi connectivity index (χ1n) is 5.57. The van der Waals surface area contributed by atoms with Gasteiger partial charge in [-0.2, -0.15) is 0 Å². The molecule has 0 aromatic rings. The first-order chi connectivity index (χ1) is 7.84. The molecular weight excluding hydrogens is 226 g/mol. The Balaban J connectivity index is 3.87. The summed E-state index contributed by atoms with van der Waals surface area (Å²) in [5.41, 5.74) is 0. The molecule has 0 unspecified atom stereocenters. The van der Waals surface area contributed by atoms with Crippen molar-refractivity contribution < 1.29 is 24.6 Å². The number of carboxylic acid groups (broad SMARTS) is 2. The average molecular weight is 245 g/mol. The molecule has 0 aromatic carbocycles. The average Bonchev–Trinajstić information content (AvgIpc) is 2.21. The molecule has 0 aliphatic heterocycles. The summed E-state index contributed by atoms with van der Waals surface area (Å²) >= 11 is 0. The largest absolute Gasteiger partial charge is 0.480 e. The minimum atomic E-state index is -1.44.